The lowest BCUT2D eigenvalue weighted by atomic mass is 9.80. The first-order valence-corrected chi connectivity index (χ1v) is 14.2. The number of aryl methyl sites for hydroxylation is 1. The van der Waals surface area contributed by atoms with Crippen molar-refractivity contribution in [1.82, 2.24) is 30.2 Å². The highest BCUT2D eigenvalue weighted by Crippen LogP contribution is 2.38. The first-order valence-electron chi connectivity index (χ1n) is 13.3. The molecule has 0 aliphatic heterocycles. The Morgan fingerprint density at radius 1 is 1.21 bits per heavy atom. The molecule has 4 aromatic rings. The van der Waals surface area contributed by atoms with Crippen molar-refractivity contribution in [3.05, 3.63) is 75.8 Å². The predicted octanol–water partition coefficient (Wildman–Crippen LogP) is 5.57. The average molecular weight is 547 g/mol. The van der Waals surface area contributed by atoms with E-state index >= 15 is 0 Å². The number of para-hydroxylation sites is 2. The molecule has 5 rings (SSSR count). The van der Waals surface area contributed by atoms with E-state index in [4.69, 9.17) is 0 Å². The van der Waals surface area contributed by atoms with Gasteiger partial charge in [-0.3, -0.25) is 9.78 Å². The summed E-state index contributed by atoms with van der Waals surface area (Å²) in [7, 11) is 0. The molecule has 0 fully saturated rings. The van der Waals surface area contributed by atoms with Crippen molar-refractivity contribution >= 4 is 34.4 Å². The van der Waals surface area contributed by atoms with Gasteiger partial charge in [-0.1, -0.05) is 39.0 Å². The fourth-order valence-electron chi connectivity index (χ4n) is 5.18. The lowest BCUT2D eigenvalue weighted by molar-refractivity contribution is 0.0944. The Bertz CT molecular complexity index is 1440. The number of aromatic nitrogens is 4. The number of H-pyrrole nitrogens is 1. The minimum atomic E-state index is -1.03. The van der Waals surface area contributed by atoms with Crippen molar-refractivity contribution in [3.8, 4) is 0 Å². The number of amides is 2. The van der Waals surface area contributed by atoms with E-state index in [1.807, 2.05) is 36.5 Å². The van der Waals surface area contributed by atoms with Crippen LogP contribution in [0.15, 0.2) is 48.0 Å². The van der Waals surface area contributed by atoms with E-state index in [9.17, 15) is 14.7 Å². The molecule has 1 aliphatic carbocycles. The van der Waals surface area contributed by atoms with Gasteiger partial charge in [0.2, 0.25) is 0 Å². The predicted molar refractivity (Wildman–Crippen MR) is 151 cm³/mol. The number of pyridine rings is 1. The van der Waals surface area contributed by atoms with E-state index in [0.717, 1.165) is 41.0 Å². The highest BCUT2D eigenvalue weighted by Gasteiger charge is 2.33. The highest BCUT2D eigenvalue weighted by molar-refractivity contribution is 7.10. The van der Waals surface area contributed by atoms with Crippen molar-refractivity contribution in [2.45, 2.75) is 58.4 Å². The fourth-order valence-corrected chi connectivity index (χ4v) is 6.31. The lowest BCUT2D eigenvalue weighted by Gasteiger charge is -2.32. The Kier molecular flexibility index (Phi) is 7.65. The van der Waals surface area contributed by atoms with Crippen LogP contribution in [0.3, 0.4) is 0 Å². The molecule has 0 spiro atoms. The summed E-state index contributed by atoms with van der Waals surface area (Å²) in [5.74, 6) is 0.357. The van der Waals surface area contributed by atoms with Gasteiger partial charge in [-0.05, 0) is 48.4 Å². The monoisotopic (exact) mass is 546 g/mol. The Balaban J connectivity index is 1.28. The number of nitrogens with one attached hydrogen (secondary N) is 2. The van der Waals surface area contributed by atoms with Crippen molar-refractivity contribution in [2.24, 2.45) is 5.41 Å². The van der Waals surface area contributed by atoms with Crippen LogP contribution in [0, 0.1) is 5.41 Å². The molecule has 39 heavy (non-hydrogen) atoms. The van der Waals surface area contributed by atoms with E-state index in [1.54, 1.807) is 5.38 Å². The first-order chi connectivity index (χ1) is 18.7. The van der Waals surface area contributed by atoms with Crippen LogP contribution >= 0.6 is 11.3 Å². The Hall–Kier alpha value is -3.79. The van der Waals surface area contributed by atoms with Crippen molar-refractivity contribution in [1.29, 1.82) is 0 Å². The third kappa shape index (κ3) is 6.11. The molecule has 2 amide bonds. The van der Waals surface area contributed by atoms with E-state index < -0.39 is 6.09 Å². The number of hydrogen-bond acceptors (Lipinski definition) is 6. The van der Waals surface area contributed by atoms with Crippen LogP contribution < -0.4 is 5.32 Å². The molecule has 0 saturated heterocycles. The van der Waals surface area contributed by atoms with Gasteiger partial charge in [0.15, 0.2) is 0 Å². The third-order valence-corrected chi connectivity index (χ3v) is 8.33. The van der Waals surface area contributed by atoms with E-state index in [0.29, 0.717) is 18.1 Å². The van der Waals surface area contributed by atoms with Crippen LogP contribution in [0.5, 0.6) is 0 Å². The van der Waals surface area contributed by atoms with Gasteiger partial charge in [-0.15, -0.1) is 11.3 Å². The Labute approximate surface area is 231 Å². The van der Waals surface area contributed by atoms with Crippen LogP contribution in [0.4, 0.5) is 4.79 Å². The summed E-state index contributed by atoms with van der Waals surface area (Å²) < 4.78 is 0. The standard InChI is InChI=1S/C29H34N6O3S/c1-29(2,3)20(15-35(28(37)38)16-24-32-21-11-4-5-12-22(21)33-24)27-34-23(17-39-27)26(36)31-14-19-9-6-8-18-10-7-13-30-25(18)19/h4-5,7,10-13,17,19-20H,6,8-9,14-16H2,1-3H3,(H,31,36)(H,32,33)(H,37,38). The molecule has 2 atom stereocenters. The van der Waals surface area contributed by atoms with Gasteiger partial charge >= 0.3 is 6.09 Å². The summed E-state index contributed by atoms with van der Waals surface area (Å²) in [6, 6.07) is 11.7. The summed E-state index contributed by atoms with van der Waals surface area (Å²) in [5, 5.41) is 15.6. The fraction of sp³-hybridized carbons (Fsp3) is 0.414. The number of fused-ring (bicyclic) bond motifs is 2. The van der Waals surface area contributed by atoms with Gasteiger partial charge in [0.05, 0.1) is 22.6 Å². The van der Waals surface area contributed by atoms with Gasteiger partial charge in [0, 0.05) is 42.2 Å². The zero-order valence-electron chi connectivity index (χ0n) is 22.5. The molecular formula is C29H34N6O3S. The molecule has 0 radical (unpaired) electrons. The maximum absolute atomic E-state index is 13.0. The van der Waals surface area contributed by atoms with E-state index in [-0.39, 0.29) is 36.2 Å². The maximum atomic E-state index is 13.0. The molecule has 3 N–H and O–H groups in total. The average Bonchev–Trinajstić information content (AvgIpc) is 3.55. The SMILES string of the molecule is CC(C)(C)C(CN(Cc1nc2ccccc2[nH]1)C(=O)O)c1nc(C(=O)NCC2CCCc3cccnc32)cs1. The Morgan fingerprint density at radius 2 is 2.03 bits per heavy atom. The van der Waals surface area contributed by atoms with E-state index in [1.165, 1.54) is 21.8 Å². The van der Waals surface area contributed by atoms with Crippen LogP contribution in [-0.2, 0) is 13.0 Å². The summed E-state index contributed by atoms with van der Waals surface area (Å²) >= 11 is 1.40. The highest BCUT2D eigenvalue weighted by atomic mass is 32.1. The van der Waals surface area contributed by atoms with Gasteiger partial charge in [0.25, 0.3) is 5.91 Å². The molecule has 1 aromatic carbocycles. The number of carbonyl (C=O) groups excluding carboxylic acids is 1. The zero-order valence-corrected chi connectivity index (χ0v) is 23.3. The van der Waals surface area contributed by atoms with Crippen LogP contribution in [-0.4, -0.2) is 55.0 Å². The number of benzene rings is 1. The van der Waals surface area contributed by atoms with E-state index in [2.05, 4.69) is 52.1 Å². The maximum Gasteiger partial charge on any atom is 0.407 e. The largest absolute Gasteiger partial charge is 0.465 e. The number of carbonyl (C=O) groups is 2. The molecule has 3 aromatic heterocycles. The smallest absolute Gasteiger partial charge is 0.407 e. The molecule has 0 saturated carbocycles. The quantitative estimate of drug-likeness (QED) is 0.265. The van der Waals surface area contributed by atoms with Gasteiger partial charge in [-0.2, -0.15) is 0 Å². The third-order valence-electron chi connectivity index (χ3n) is 7.37. The summed E-state index contributed by atoms with van der Waals surface area (Å²) in [5.41, 5.74) is 4.08. The second-order valence-corrected chi connectivity index (χ2v) is 12.1. The number of thiazole rings is 1. The number of aromatic amines is 1. The molecule has 0 bridgehead atoms. The van der Waals surface area contributed by atoms with Crippen molar-refractivity contribution < 1.29 is 14.7 Å². The van der Waals surface area contributed by atoms with Crippen LogP contribution in [0.2, 0.25) is 0 Å². The van der Waals surface area contributed by atoms with Gasteiger partial charge in [-0.25, -0.2) is 14.8 Å². The van der Waals surface area contributed by atoms with Gasteiger partial charge < -0.3 is 20.3 Å². The number of nitrogens with zero attached hydrogens (tertiary/aromatic N) is 4. The number of carboxylic acid groups (broad SMARTS) is 1. The molecule has 3 heterocycles. The topological polar surface area (TPSA) is 124 Å². The zero-order chi connectivity index (χ0) is 27.6. The van der Waals surface area contributed by atoms with Crippen LogP contribution in [0.1, 0.15) is 78.0 Å². The van der Waals surface area contributed by atoms with Crippen LogP contribution in [0.25, 0.3) is 11.0 Å². The number of imidazole rings is 1. The molecule has 10 heteroatoms. The first kappa shape index (κ1) is 26.8. The molecule has 2 unspecified atom stereocenters. The second-order valence-electron chi connectivity index (χ2n) is 11.2. The Morgan fingerprint density at radius 3 is 2.79 bits per heavy atom. The molecule has 204 valence electrons. The van der Waals surface area contributed by atoms with Crippen molar-refractivity contribution in [3.63, 3.8) is 0 Å². The van der Waals surface area contributed by atoms with Crippen molar-refractivity contribution in [2.75, 3.05) is 13.1 Å². The molecule has 1 aliphatic rings. The number of hydrogen-bond donors (Lipinski definition) is 3. The summed E-state index contributed by atoms with van der Waals surface area (Å²) in [6.07, 6.45) is 3.89. The molecule has 9 nitrogen and oxygen atoms in total. The molecular weight excluding hydrogens is 512 g/mol. The van der Waals surface area contributed by atoms with Gasteiger partial charge in [0.1, 0.15) is 11.5 Å². The number of rotatable bonds is 8. The normalized spacial score (nSPS) is 16.0. The second kappa shape index (κ2) is 11.1. The minimum Gasteiger partial charge on any atom is -0.465 e. The lowest BCUT2D eigenvalue weighted by Crippen LogP contribution is -2.37. The summed E-state index contributed by atoms with van der Waals surface area (Å²) in [6.45, 7) is 7.07. The summed E-state index contributed by atoms with van der Waals surface area (Å²) in [4.78, 5) is 43.7. The minimum absolute atomic E-state index is 0.131.